The molecule has 0 aliphatic carbocycles. The maximum Gasteiger partial charge on any atom is 0.250 e. The molecule has 2 rings (SSSR count). The average Bonchev–Trinajstić information content (AvgIpc) is 2.47. The summed E-state index contributed by atoms with van der Waals surface area (Å²) in [6, 6.07) is 5.35. The number of aromatic nitrogens is 1. The van der Waals surface area contributed by atoms with Gasteiger partial charge in [-0.1, -0.05) is 19.9 Å². The Labute approximate surface area is 115 Å². The summed E-state index contributed by atoms with van der Waals surface area (Å²) in [6.07, 6.45) is 4.18. The second kappa shape index (κ2) is 6.35. The van der Waals surface area contributed by atoms with E-state index in [2.05, 4.69) is 24.1 Å². The van der Waals surface area contributed by atoms with Crippen LogP contribution in [0.3, 0.4) is 0 Å². The molecule has 0 atom stereocenters. The molecule has 1 saturated heterocycles. The normalized spacial score (nSPS) is 19.5. The Hall–Kier alpha value is -1.13. The molecule has 0 radical (unpaired) electrons. The van der Waals surface area contributed by atoms with E-state index < -0.39 is 0 Å². The van der Waals surface area contributed by atoms with Gasteiger partial charge in [-0.3, -0.25) is 9.69 Å². The van der Waals surface area contributed by atoms with Crippen molar-refractivity contribution in [3.8, 4) is 0 Å². The van der Waals surface area contributed by atoms with Crippen LogP contribution in [0.25, 0.3) is 0 Å². The van der Waals surface area contributed by atoms with E-state index in [0.717, 1.165) is 45.6 Å². The summed E-state index contributed by atoms with van der Waals surface area (Å²) in [5.41, 5.74) is 0.354. The van der Waals surface area contributed by atoms with E-state index in [4.69, 9.17) is 0 Å². The molecule has 0 bridgehead atoms. The number of piperazine rings is 1. The molecule has 0 saturated carbocycles. The van der Waals surface area contributed by atoms with Gasteiger partial charge < -0.3 is 9.88 Å². The number of rotatable bonds is 5. The number of pyridine rings is 1. The molecule has 1 N–H and O–H groups in total. The van der Waals surface area contributed by atoms with Crippen LogP contribution >= 0.6 is 0 Å². The van der Waals surface area contributed by atoms with Crippen LogP contribution in [-0.4, -0.2) is 41.2 Å². The first-order valence-electron chi connectivity index (χ1n) is 7.33. The minimum Gasteiger partial charge on any atom is -0.314 e. The zero-order valence-corrected chi connectivity index (χ0v) is 12.1. The minimum absolute atomic E-state index is 0.0937. The molecule has 4 heteroatoms. The van der Waals surface area contributed by atoms with Gasteiger partial charge in [-0.15, -0.1) is 0 Å². The first-order chi connectivity index (χ1) is 9.22. The highest BCUT2D eigenvalue weighted by Gasteiger charge is 2.35. The van der Waals surface area contributed by atoms with Crippen LogP contribution in [-0.2, 0) is 6.54 Å². The van der Waals surface area contributed by atoms with E-state index >= 15 is 0 Å². The number of hydrogen-bond acceptors (Lipinski definition) is 3. The number of nitrogens with zero attached hydrogens (tertiary/aromatic N) is 2. The molecule has 0 aromatic carbocycles. The predicted octanol–water partition coefficient (Wildman–Crippen LogP) is 1.31. The second-order valence-corrected chi connectivity index (χ2v) is 5.33. The fraction of sp³-hybridized carbons (Fsp3) is 0.667. The smallest absolute Gasteiger partial charge is 0.250 e. The van der Waals surface area contributed by atoms with Crippen LogP contribution in [0.5, 0.6) is 0 Å². The predicted molar refractivity (Wildman–Crippen MR) is 78.5 cm³/mol. The zero-order valence-electron chi connectivity index (χ0n) is 12.1. The van der Waals surface area contributed by atoms with Crippen LogP contribution in [0.4, 0.5) is 0 Å². The summed E-state index contributed by atoms with van der Waals surface area (Å²) in [6.45, 7) is 9.43. The molecule has 4 nitrogen and oxygen atoms in total. The van der Waals surface area contributed by atoms with Crippen molar-refractivity contribution in [1.29, 1.82) is 0 Å². The third kappa shape index (κ3) is 3.07. The van der Waals surface area contributed by atoms with Crippen LogP contribution in [0.15, 0.2) is 29.2 Å². The van der Waals surface area contributed by atoms with Gasteiger partial charge in [0, 0.05) is 50.5 Å². The summed E-state index contributed by atoms with van der Waals surface area (Å²) < 4.78 is 1.80. The van der Waals surface area contributed by atoms with Gasteiger partial charge in [0.25, 0.3) is 5.56 Å². The summed E-state index contributed by atoms with van der Waals surface area (Å²) in [7, 11) is 0. The van der Waals surface area contributed by atoms with Crippen molar-refractivity contribution in [2.75, 3.05) is 26.2 Å². The molecule has 2 heterocycles. The zero-order chi connectivity index (χ0) is 13.7. The lowest BCUT2D eigenvalue weighted by molar-refractivity contribution is 0.0487. The maximum absolute atomic E-state index is 11.7. The molecule has 106 valence electrons. The number of hydrogen-bond donors (Lipinski definition) is 1. The van der Waals surface area contributed by atoms with Gasteiger partial charge in [-0.25, -0.2) is 0 Å². The molecule has 0 amide bonds. The van der Waals surface area contributed by atoms with Gasteiger partial charge in [0.15, 0.2) is 0 Å². The summed E-state index contributed by atoms with van der Waals surface area (Å²) >= 11 is 0. The molecule has 0 unspecified atom stereocenters. The van der Waals surface area contributed by atoms with Crippen molar-refractivity contribution >= 4 is 0 Å². The molecule has 1 aliphatic heterocycles. The highest BCUT2D eigenvalue weighted by atomic mass is 16.1. The van der Waals surface area contributed by atoms with Gasteiger partial charge in [0.1, 0.15) is 0 Å². The Morgan fingerprint density at radius 2 is 2.05 bits per heavy atom. The van der Waals surface area contributed by atoms with E-state index in [1.54, 1.807) is 16.7 Å². The van der Waals surface area contributed by atoms with Crippen LogP contribution in [0.2, 0.25) is 0 Å². The highest BCUT2D eigenvalue weighted by molar-refractivity contribution is 4.96. The summed E-state index contributed by atoms with van der Waals surface area (Å²) in [4.78, 5) is 14.3. The lowest BCUT2D eigenvalue weighted by atomic mass is 9.88. The van der Waals surface area contributed by atoms with Crippen LogP contribution < -0.4 is 10.9 Å². The minimum atomic E-state index is 0.0937. The van der Waals surface area contributed by atoms with Gasteiger partial charge in [-0.05, 0) is 18.9 Å². The van der Waals surface area contributed by atoms with E-state index in [0.29, 0.717) is 0 Å². The molecule has 1 aromatic heterocycles. The monoisotopic (exact) mass is 263 g/mol. The van der Waals surface area contributed by atoms with Gasteiger partial charge in [0.2, 0.25) is 0 Å². The third-order valence-corrected chi connectivity index (χ3v) is 4.51. The van der Waals surface area contributed by atoms with E-state index in [1.807, 2.05) is 12.3 Å². The van der Waals surface area contributed by atoms with Crippen molar-refractivity contribution in [3.63, 3.8) is 0 Å². The van der Waals surface area contributed by atoms with Crippen molar-refractivity contribution in [3.05, 3.63) is 34.7 Å². The molecule has 0 spiro atoms. The fourth-order valence-corrected chi connectivity index (χ4v) is 3.05. The van der Waals surface area contributed by atoms with Gasteiger partial charge in [-0.2, -0.15) is 0 Å². The van der Waals surface area contributed by atoms with E-state index in [1.165, 1.54) is 0 Å². The Kier molecular flexibility index (Phi) is 4.77. The lowest BCUT2D eigenvalue weighted by Gasteiger charge is -2.47. The quantitative estimate of drug-likeness (QED) is 0.870. The van der Waals surface area contributed by atoms with E-state index in [9.17, 15) is 4.79 Å². The van der Waals surface area contributed by atoms with Crippen LogP contribution in [0, 0.1) is 0 Å². The van der Waals surface area contributed by atoms with Gasteiger partial charge >= 0.3 is 0 Å². The number of nitrogens with one attached hydrogen (secondary N) is 1. The topological polar surface area (TPSA) is 37.3 Å². The Morgan fingerprint density at radius 1 is 1.26 bits per heavy atom. The Balaban J connectivity index is 2.05. The molecule has 19 heavy (non-hydrogen) atoms. The fourth-order valence-electron chi connectivity index (χ4n) is 3.05. The highest BCUT2D eigenvalue weighted by Crippen LogP contribution is 2.25. The summed E-state index contributed by atoms with van der Waals surface area (Å²) in [5.74, 6) is 0. The molecular weight excluding hydrogens is 238 g/mol. The third-order valence-electron chi connectivity index (χ3n) is 4.51. The Morgan fingerprint density at radius 3 is 2.74 bits per heavy atom. The first kappa shape index (κ1) is 14.3. The Bertz CT molecular complexity index is 451. The largest absolute Gasteiger partial charge is 0.314 e. The molecular formula is C15H25N3O. The van der Waals surface area contributed by atoms with Crippen molar-refractivity contribution < 1.29 is 0 Å². The van der Waals surface area contributed by atoms with Crippen molar-refractivity contribution in [2.24, 2.45) is 0 Å². The maximum atomic E-state index is 11.7. The molecule has 1 aliphatic rings. The van der Waals surface area contributed by atoms with Crippen molar-refractivity contribution in [1.82, 2.24) is 14.8 Å². The molecule has 1 aromatic rings. The molecule has 1 fully saturated rings. The standard InChI is InChI=1S/C15H25N3O/c1-3-15(4-2)13-16-8-10-18(15)12-11-17-9-6-5-7-14(17)19/h5-7,9,16H,3-4,8,10-13H2,1-2H3. The van der Waals surface area contributed by atoms with E-state index in [-0.39, 0.29) is 11.1 Å². The van der Waals surface area contributed by atoms with Crippen LogP contribution in [0.1, 0.15) is 26.7 Å². The average molecular weight is 263 g/mol. The second-order valence-electron chi connectivity index (χ2n) is 5.33. The SMILES string of the molecule is CCC1(CC)CNCCN1CCn1ccccc1=O. The van der Waals surface area contributed by atoms with Gasteiger partial charge in [0.05, 0.1) is 0 Å². The lowest BCUT2D eigenvalue weighted by Crippen LogP contribution is -2.61. The first-order valence-corrected chi connectivity index (χ1v) is 7.33. The summed E-state index contributed by atoms with van der Waals surface area (Å²) in [5, 5.41) is 3.51. The van der Waals surface area contributed by atoms with Crippen molar-refractivity contribution in [2.45, 2.75) is 38.8 Å².